The number of methoxy groups -OCH3 is 1. The van der Waals surface area contributed by atoms with Gasteiger partial charge in [0.15, 0.2) is 0 Å². The average molecular weight is 398 g/mol. The number of hydrogen-bond acceptors (Lipinski definition) is 6. The molecule has 1 aliphatic heterocycles. The van der Waals surface area contributed by atoms with Gasteiger partial charge in [-0.25, -0.2) is 0 Å². The van der Waals surface area contributed by atoms with E-state index >= 15 is 0 Å². The monoisotopic (exact) mass is 398 g/mol. The number of anilines is 1. The van der Waals surface area contributed by atoms with E-state index < -0.39 is 22.9 Å². The summed E-state index contributed by atoms with van der Waals surface area (Å²) in [5.74, 6) is -0.748. The number of nitro groups is 1. The predicted molar refractivity (Wildman–Crippen MR) is 106 cm³/mol. The van der Waals surface area contributed by atoms with Crippen molar-refractivity contribution in [3.05, 3.63) is 63.7 Å². The molecule has 152 valence electrons. The van der Waals surface area contributed by atoms with Crippen LogP contribution in [0.3, 0.4) is 0 Å². The lowest BCUT2D eigenvalue weighted by Crippen LogP contribution is -2.27. The van der Waals surface area contributed by atoms with Gasteiger partial charge in [-0.05, 0) is 37.1 Å². The van der Waals surface area contributed by atoms with Crippen molar-refractivity contribution in [2.24, 2.45) is 5.92 Å². The molecule has 1 heterocycles. The van der Waals surface area contributed by atoms with Crippen LogP contribution in [0.4, 0.5) is 11.4 Å². The van der Waals surface area contributed by atoms with Crippen LogP contribution in [0.15, 0.2) is 42.5 Å². The Hall–Kier alpha value is -3.42. The lowest BCUT2D eigenvalue weighted by atomic mass is 10.1. The molecule has 0 N–H and O–H groups in total. The lowest BCUT2D eigenvalue weighted by Gasteiger charge is -2.20. The largest absolute Gasteiger partial charge is 0.495 e. The Kier molecular flexibility index (Phi) is 5.81. The molecule has 2 atom stereocenters. The van der Waals surface area contributed by atoms with E-state index in [1.807, 2.05) is 19.1 Å². The van der Waals surface area contributed by atoms with Crippen LogP contribution >= 0.6 is 0 Å². The smallest absolute Gasteiger partial charge is 0.311 e. The van der Waals surface area contributed by atoms with Crippen molar-refractivity contribution in [1.82, 2.24) is 0 Å². The molecule has 29 heavy (non-hydrogen) atoms. The Morgan fingerprint density at radius 3 is 2.72 bits per heavy atom. The van der Waals surface area contributed by atoms with Crippen molar-refractivity contribution in [3.8, 4) is 5.75 Å². The normalized spacial score (nSPS) is 17.1. The zero-order chi connectivity index (χ0) is 21.1. The number of nitro benzene ring substituents is 1. The summed E-state index contributed by atoms with van der Waals surface area (Å²) >= 11 is 0. The van der Waals surface area contributed by atoms with Gasteiger partial charge in [0.05, 0.1) is 23.6 Å². The van der Waals surface area contributed by atoms with Crippen molar-refractivity contribution in [1.29, 1.82) is 0 Å². The SMILES string of the molecule is COc1ccc(C)cc1N1C[C@H](C(=O)O[C@H](C)c2cccc([N+](=O)[O-])c2)CC1=O. The van der Waals surface area contributed by atoms with Crippen molar-refractivity contribution in [2.45, 2.75) is 26.4 Å². The fourth-order valence-corrected chi connectivity index (χ4v) is 3.34. The molecule has 1 saturated heterocycles. The molecule has 8 nitrogen and oxygen atoms in total. The van der Waals surface area contributed by atoms with Gasteiger partial charge in [-0.15, -0.1) is 0 Å². The van der Waals surface area contributed by atoms with Gasteiger partial charge < -0.3 is 14.4 Å². The number of nitrogens with zero attached hydrogens (tertiary/aromatic N) is 2. The van der Waals surface area contributed by atoms with Gasteiger partial charge in [0, 0.05) is 25.1 Å². The summed E-state index contributed by atoms with van der Waals surface area (Å²) in [7, 11) is 1.53. The van der Waals surface area contributed by atoms with Gasteiger partial charge in [0.1, 0.15) is 11.9 Å². The maximum atomic E-state index is 12.6. The summed E-state index contributed by atoms with van der Waals surface area (Å²) in [6, 6.07) is 11.5. The number of ether oxygens (including phenoxy) is 2. The first kappa shape index (κ1) is 20.3. The Morgan fingerprint density at radius 1 is 1.28 bits per heavy atom. The van der Waals surface area contributed by atoms with Gasteiger partial charge in [-0.2, -0.15) is 0 Å². The van der Waals surface area contributed by atoms with Gasteiger partial charge in [-0.1, -0.05) is 18.2 Å². The molecular weight excluding hydrogens is 376 g/mol. The van der Waals surface area contributed by atoms with Crippen LogP contribution in [0.5, 0.6) is 5.75 Å². The average Bonchev–Trinajstić information content (AvgIpc) is 3.09. The summed E-state index contributed by atoms with van der Waals surface area (Å²) in [6.07, 6.45) is -0.627. The molecule has 0 unspecified atom stereocenters. The number of aryl methyl sites for hydroxylation is 1. The van der Waals surface area contributed by atoms with Gasteiger partial charge in [0.25, 0.3) is 5.69 Å². The van der Waals surface area contributed by atoms with E-state index in [-0.39, 0.29) is 24.6 Å². The third-order valence-corrected chi connectivity index (χ3v) is 4.93. The topological polar surface area (TPSA) is 99.0 Å². The number of non-ortho nitro benzene ring substituents is 1. The van der Waals surface area contributed by atoms with Crippen molar-refractivity contribution in [2.75, 3.05) is 18.6 Å². The van der Waals surface area contributed by atoms with Crippen LogP contribution in [0.25, 0.3) is 0 Å². The van der Waals surface area contributed by atoms with E-state index in [1.54, 1.807) is 25.1 Å². The molecule has 2 aromatic rings. The summed E-state index contributed by atoms with van der Waals surface area (Å²) in [4.78, 5) is 37.1. The molecule has 8 heteroatoms. The van der Waals surface area contributed by atoms with Crippen LogP contribution in [-0.4, -0.2) is 30.5 Å². The minimum atomic E-state index is -0.667. The molecule has 1 fully saturated rings. The third-order valence-electron chi connectivity index (χ3n) is 4.93. The predicted octanol–water partition coefficient (Wildman–Crippen LogP) is 3.57. The highest BCUT2D eigenvalue weighted by Crippen LogP contribution is 2.34. The van der Waals surface area contributed by atoms with Crippen molar-refractivity contribution < 1.29 is 24.0 Å². The van der Waals surface area contributed by atoms with Crippen LogP contribution in [0.2, 0.25) is 0 Å². The molecule has 1 aliphatic rings. The molecule has 0 saturated carbocycles. The highest BCUT2D eigenvalue weighted by molar-refractivity contribution is 6.00. The highest BCUT2D eigenvalue weighted by Gasteiger charge is 2.38. The fraction of sp³-hybridized carbons (Fsp3) is 0.333. The van der Waals surface area contributed by atoms with Gasteiger partial charge >= 0.3 is 5.97 Å². The highest BCUT2D eigenvalue weighted by atomic mass is 16.6. The molecule has 0 aromatic heterocycles. The first-order chi connectivity index (χ1) is 13.8. The van der Waals surface area contributed by atoms with E-state index in [2.05, 4.69) is 0 Å². The quantitative estimate of drug-likeness (QED) is 0.419. The number of rotatable bonds is 6. The van der Waals surface area contributed by atoms with Crippen LogP contribution < -0.4 is 9.64 Å². The van der Waals surface area contributed by atoms with Crippen LogP contribution in [0.1, 0.15) is 30.6 Å². The van der Waals surface area contributed by atoms with Crippen molar-refractivity contribution in [3.63, 3.8) is 0 Å². The second kappa shape index (κ2) is 8.30. The zero-order valence-corrected chi connectivity index (χ0v) is 16.5. The van der Waals surface area contributed by atoms with Gasteiger partial charge in [-0.3, -0.25) is 19.7 Å². The Balaban J connectivity index is 1.71. The molecule has 0 aliphatic carbocycles. The minimum absolute atomic E-state index is 0.0393. The summed E-state index contributed by atoms with van der Waals surface area (Å²) in [5, 5.41) is 10.9. The number of esters is 1. The Labute approximate surface area is 168 Å². The standard InChI is InChI=1S/C21H22N2O6/c1-13-7-8-19(28-3)18(9-13)22-12-16(11-20(22)24)21(25)29-14(2)15-5-4-6-17(10-15)23(26)27/h4-10,14,16H,11-12H2,1-3H3/t14-,16-/m1/s1. The van der Waals surface area contributed by atoms with E-state index in [4.69, 9.17) is 9.47 Å². The van der Waals surface area contributed by atoms with Crippen LogP contribution in [-0.2, 0) is 14.3 Å². The molecule has 0 radical (unpaired) electrons. The second-order valence-electron chi connectivity index (χ2n) is 7.01. The Morgan fingerprint density at radius 2 is 2.03 bits per heavy atom. The maximum Gasteiger partial charge on any atom is 0.311 e. The van der Waals surface area contributed by atoms with Crippen LogP contribution in [0, 0.1) is 23.0 Å². The zero-order valence-electron chi connectivity index (χ0n) is 16.5. The van der Waals surface area contributed by atoms with E-state index in [9.17, 15) is 19.7 Å². The summed E-state index contributed by atoms with van der Waals surface area (Å²) in [6.45, 7) is 3.75. The number of benzene rings is 2. The molecule has 3 rings (SSSR count). The number of carbonyl (C=O) groups is 2. The van der Waals surface area contributed by atoms with E-state index in [0.29, 0.717) is 17.0 Å². The summed E-state index contributed by atoms with van der Waals surface area (Å²) in [5.41, 5.74) is 2.05. The maximum absolute atomic E-state index is 12.6. The molecule has 1 amide bonds. The minimum Gasteiger partial charge on any atom is -0.495 e. The Bertz CT molecular complexity index is 958. The third kappa shape index (κ3) is 4.37. The van der Waals surface area contributed by atoms with Crippen molar-refractivity contribution >= 4 is 23.3 Å². The molecular formula is C21H22N2O6. The first-order valence-electron chi connectivity index (χ1n) is 9.20. The molecule has 0 bridgehead atoms. The number of carbonyl (C=O) groups excluding carboxylic acids is 2. The van der Waals surface area contributed by atoms with E-state index in [0.717, 1.165) is 5.56 Å². The van der Waals surface area contributed by atoms with Gasteiger partial charge in [0.2, 0.25) is 5.91 Å². The molecule has 2 aromatic carbocycles. The summed E-state index contributed by atoms with van der Waals surface area (Å²) < 4.78 is 10.8. The number of amides is 1. The second-order valence-corrected chi connectivity index (χ2v) is 7.01. The molecule has 0 spiro atoms. The lowest BCUT2D eigenvalue weighted by molar-refractivity contribution is -0.385. The fourth-order valence-electron chi connectivity index (χ4n) is 3.34. The number of hydrogen-bond donors (Lipinski definition) is 0. The first-order valence-corrected chi connectivity index (χ1v) is 9.20. The van der Waals surface area contributed by atoms with E-state index in [1.165, 1.54) is 24.1 Å².